The highest BCUT2D eigenvalue weighted by molar-refractivity contribution is 8.00. The first-order chi connectivity index (χ1) is 13.8. The highest BCUT2D eigenvalue weighted by Gasteiger charge is 2.12. The molecule has 1 N–H and O–H groups in total. The van der Waals surface area contributed by atoms with Crippen LogP contribution in [-0.2, 0) is 17.0 Å². The van der Waals surface area contributed by atoms with E-state index in [0.29, 0.717) is 5.13 Å². The molecule has 0 aliphatic carbocycles. The number of nitrogens with one attached hydrogen (secondary N) is 1. The molecular weight excluding hydrogens is 408 g/mol. The summed E-state index contributed by atoms with van der Waals surface area (Å²) in [5.74, 6) is 0.686. The Morgan fingerprint density at radius 1 is 1.00 bits per heavy atom. The van der Waals surface area contributed by atoms with Crippen molar-refractivity contribution in [3.8, 4) is 10.6 Å². The fourth-order valence-electron chi connectivity index (χ4n) is 2.47. The van der Waals surface area contributed by atoms with Crippen LogP contribution in [0.1, 0.15) is 11.3 Å². The van der Waals surface area contributed by atoms with Gasteiger partial charge in [0.25, 0.3) is 0 Å². The maximum absolute atomic E-state index is 12.3. The summed E-state index contributed by atoms with van der Waals surface area (Å²) in [6, 6.07) is 20.1. The first-order valence-electron chi connectivity index (χ1n) is 8.56. The van der Waals surface area contributed by atoms with E-state index in [4.69, 9.17) is 0 Å². The zero-order valence-electron chi connectivity index (χ0n) is 14.7. The number of amides is 1. The predicted molar refractivity (Wildman–Crippen MR) is 116 cm³/mol. The Bertz CT molecular complexity index is 1050. The van der Waals surface area contributed by atoms with Crippen LogP contribution in [0.2, 0.25) is 0 Å². The lowest BCUT2D eigenvalue weighted by atomic mass is 10.2. The second-order valence-corrected chi connectivity index (χ2v) is 8.94. The lowest BCUT2D eigenvalue weighted by molar-refractivity contribution is -0.115. The molecule has 0 fully saturated rings. The average molecular weight is 425 g/mol. The fourth-order valence-corrected chi connectivity index (χ4v) is 5.02. The summed E-state index contributed by atoms with van der Waals surface area (Å²) in [6.45, 7) is 0. The lowest BCUT2D eigenvalue weighted by Gasteiger charge is -1.99. The first kappa shape index (κ1) is 18.8. The average Bonchev–Trinajstić information content (AvgIpc) is 3.37. The van der Waals surface area contributed by atoms with Crippen molar-refractivity contribution >= 4 is 45.5 Å². The van der Waals surface area contributed by atoms with E-state index in [2.05, 4.69) is 32.6 Å². The first-order valence-corrected chi connectivity index (χ1v) is 11.2. The predicted octanol–water partition coefficient (Wildman–Crippen LogP) is 5.14. The van der Waals surface area contributed by atoms with Crippen LogP contribution >= 0.6 is 34.4 Å². The molecule has 0 spiro atoms. The van der Waals surface area contributed by atoms with Gasteiger partial charge >= 0.3 is 0 Å². The summed E-state index contributed by atoms with van der Waals surface area (Å²) in [7, 11) is 0. The molecule has 0 aliphatic rings. The van der Waals surface area contributed by atoms with Gasteiger partial charge in [-0.15, -0.1) is 21.5 Å². The maximum Gasteiger partial charge on any atom is 0.232 e. The van der Waals surface area contributed by atoms with Gasteiger partial charge in [-0.2, -0.15) is 0 Å². The number of rotatable bonds is 7. The van der Waals surface area contributed by atoms with E-state index < -0.39 is 0 Å². The number of hydrogen-bond acceptors (Lipinski definition) is 7. The van der Waals surface area contributed by atoms with Gasteiger partial charge < -0.3 is 5.32 Å². The molecule has 2 aromatic carbocycles. The Kier molecular flexibility index (Phi) is 6.11. The topological polar surface area (TPSA) is 67.8 Å². The summed E-state index contributed by atoms with van der Waals surface area (Å²) in [5.41, 5.74) is 3.04. The minimum atomic E-state index is -0.138. The molecule has 0 aliphatic heterocycles. The van der Waals surface area contributed by atoms with Gasteiger partial charge in [0.1, 0.15) is 5.01 Å². The number of aromatic nitrogens is 3. The minimum Gasteiger partial charge on any atom is -0.300 e. The maximum atomic E-state index is 12.3. The normalized spacial score (nSPS) is 10.7. The molecule has 140 valence electrons. The number of carbonyl (C=O) groups excluding carboxylic acids is 1. The molecule has 1 amide bonds. The number of benzene rings is 2. The number of thiazole rings is 1. The Labute approximate surface area is 174 Å². The number of thioether (sulfide) groups is 1. The summed E-state index contributed by atoms with van der Waals surface area (Å²) in [5, 5.41) is 14.4. The standard InChI is InChI=1S/C20H16N4OS3/c25-17(11-16-13-26-18(21-16)15-9-5-2-6-10-15)22-19-23-24-20(28-19)27-12-14-7-3-1-4-8-14/h1-10,13H,11-12H2,(H,22,23,25). The smallest absolute Gasteiger partial charge is 0.232 e. The molecule has 4 rings (SSSR count). The van der Waals surface area contributed by atoms with E-state index in [1.165, 1.54) is 28.2 Å². The van der Waals surface area contributed by atoms with Crippen molar-refractivity contribution in [2.45, 2.75) is 16.5 Å². The summed E-state index contributed by atoms with van der Waals surface area (Å²) in [4.78, 5) is 16.9. The Balaban J connectivity index is 1.31. The Hall–Kier alpha value is -2.55. The van der Waals surface area contributed by atoms with Crippen molar-refractivity contribution in [1.82, 2.24) is 15.2 Å². The van der Waals surface area contributed by atoms with E-state index in [9.17, 15) is 4.79 Å². The number of hydrogen-bond donors (Lipinski definition) is 1. The second-order valence-electron chi connectivity index (χ2n) is 5.88. The fraction of sp³-hybridized carbons (Fsp3) is 0.100. The van der Waals surface area contributed by atoms with Gasteiger partial charge in [0.2, 0.25) is 11.0 Å². The molecule has 0 saturated heterocycles. The van der Waals surface area contributed by atoms with Crippen molar-refractivity contribution in [1.29, 1.82) is 0 Å². The molecule has 0 saturated carbocycles. The zero-order chi connectivity index (χ0) is 19.2. The zero-order valence-corrected chi connectivity index (χ0v) is 17.2. The molecule has 2 aromatic heterocycles. The highest BCUT2D eigenvalue weighted by atomic mass is 32.2. The van der Waals surface area contributed by atoms with E-state index in [0.717, 1.165) is 26.4 Å². The molecule has 28 heavy (non-hydrogen) atoms. The van der Waals surface area contributed by atoms with Gasteiger partial charge in [0.05, 0.1) is 12.1 Å². The van der Waals surface area contributed by atoms with E-state index >= 15 is 0 Å². The number of carbonyl (C=O) groups is 1. The van der Waals surface area contributed by atoms with Crippen LogP contribution in [0.3, 0.4) is 0 Å². The Morgan fingerprint density at radius 3 is 2.54 bits per heavy atom. The van der Waals surface area contributed by atoms with E-state index in [-0.39, 0.29) is 12.3 Å². The van der Waals surface area contributed by atoms with Gasteiger partial charge in [-0.1, -0.05) is 83.8 Å². The van der Waals surface area contributed by atoms with Gasteiger partial charge in [-0.05, 0) is 5.56 Å². The molecule has 0 unspecified atom stereocenters. The molecule has 8 heteroatoms. The van der Waals surface area contributed by atoms with E-state index in [1.54, 1.807) is 11.8 Å². The molecule has 2 heterocycles. The number of anilines is 1. The monoisotopic (exact) mass is 424 g/mol. The molecule has 0 bridgehead atoms. The SMILES string of the molecule is O=C(Cc1csc(-c2ccccc2)n1)Nc1nnc(SCc2ccccc2)s1. The van der Waals surface area contributed by atoms with Crippen LogP contribution in [-0.4, -0.2) is 21.1 Å². The summed E-state index contributed by atoms with van der Waals surface area (Å²) >= 11 is 4.53. The Morgan fingerprint density at radius 2 is 1.75 bits per heavy atom. The molecule has 5 nitrogen and oxygen atoms in total. The van der Waals surface area contributed by atoms with Gasteiger partial charge in [0, 0.05) is 16.7 Å². The van der Waals surface area contributed by atoms with Crippen LogP contribution in [0, 0.1) is 0 Å². The lowest BCUT2D eigenvalue weighted by Crippen LogP contribution is -2.14. The molecule has 0 atom stereocenters. The third-order valence-electron chi connectivity index (χ3n) is 3.77. The van der Waals surface area contributed by atoms with Crippen LogP contribution in [0.4, 0.5) is 5.13 Å². The van der Waals surface area contributed by atoms with Crippen LogP contribution in [0.15, 0.2) is 70.4 Å². The van der Waals surface area contributed by atoms with Crippen LogP contribution < -0.4 is 5.32 Å². The van der Waals surface area contributed by atoms with Crippen molar-refractivity contribution < 1.29 is 4.79 Å². The quantitative estimate of drug-likeness (QED) is 0.329. The van der Waals surface area contributed by atoms with Crippen molar-refractivity contribution in [3.63, 3.8) is 0 Å². The minimum absolute atomic E-state index is 0.138. The van der Waals surface area contributed by atoms with E-state index in [1.807, 2.05) is 53.9 Å². The van der Waals surface area contributed by atoms with Crippen molar-refractivity contribution in [2.24, 2.45) is 0 Å². The summed E-state index contributed by atoms with van der Waals surface area (Å²) < 4.78 is 0.833. The summed E-state index contributed by atoms with van der Waals surface area (Å²) in [6.07, 6.45) is 0.218. The third kappa shape index (κ3) is 5.03. The molecular formula is C20H16N4OS3. The molecule has 4 aromatic rings. The molecule has 0 radical (unpaired) electrons. The van der Waals surface area contributed by atoms with Crippen molar-refractivity contribution in [3.05, 3.63) is 77.3 Å². The van der Waals surface area contributed by atoms with Gasteiger partial charge in [-0.3, -0.25) is 4.79 Å². The number of nitrogens with zero attached hydrogens (tertiary/aromatic N) is 3. The second kappa shape index (κ2) is 9.09. The highest BCUT2D eigenvalue weighted by Crippen LogP contribution is 2.28. The largest absolute Gasteiger partial charge is 0.300 e. The third-order valence-corrected chi connectivity index (χ3v) is 6.76. The van der Waals surface area contributed by atoms with Crippen LogP contribution in [0.25, 0.3) is 10.6 Å². The van der Waals surface area contributed by atoms with Gasteiger partial charge in [-0.25, -0.2) is 4.98 Å². The van der Waals surface area contributed by atoms with Crippen molar-refractivity contribution in [2.75, 3.05) is 5.32 Å². The van der Waals surface area contributed by atoms with Crippen LogP contribution in [0.5, 0.6) is 0 Å². The van der Waals surface area contributed by atoms with Gasteiger partial charge in [0.15, 0.2) is 4.34 Å².